The van der Waals surface area contributed by atoms with E-state index in [4.69, 9.17) is 18.7 Å². The van der Waals surface area contributed by atoms with Gasteiger partial charge in [0.05, 0.1) is 14.2 Å². The molecule has 3 aromatic rings. The highest BCUT2D eigenvalue weighted by Crippen LogP contribution is 2.30. The molecule has 1 amide bonds. The molecule has 1 N–H and O–H groups in total. The summed E-state index contributed by atoms with van der Waals surface area (Å²) >= 11 is 0. The summed E-state index contributed by atoms with van der Waals surface area (Å²) in [4.78, 5) is 16.5. The highest BCUT2D eigenvalue weighted by atomic mass is 16.5. The molecule has 0 radical (unpaired) electrons. The molecule has 3 rings (SSSR count). The van der Waals surface area contributed by atoms with E-state index in [9.17, 15) is 4.79 Å². The van der Waals surface area contributed by atoms with Crippen LogP contribution in [-0.2, 0) is 13.2 Å². The molecule has 0 unspecified atom stereocenters. The summed E-state index contributed by atoms with van der Waals surface area (Å²) in [7, 11) is 3.14. The smallest absolute Gasteiger partial charge is 0.251 e. The van der Waals surface area contributed by atoms with E-state index >= 15 is 0 Å². The van der Waals surface area contributed by atoms with Crippen molar-refractivity contribution in [2.75, 3.05) is 14.2 Å². The van der Waals surface area contributed by atoms with Crippen molar-refractivity contribution in [3.63, 3.8) is 0 Å². The highest BCUT2D eigenvalue weighted by molar-refractivity contribution is 5.94. The molecule has 8 heteroatoms. The number of carbonyl (C=O) groups is 1. The third kappa shape index (κ3) is 4.59. The van der Waals surface area contributed by atoms with Gasteiger partial charge in [-0.3, -0.25) is 4.79 Å². The number of aryl methyl sites for hydroxylation is 1. The van der Waals surface area contributed by atoms with Crippen molar-refractivity contribution < 1.29 is 23.5 Å². The number of rotatable bonds is 8. The van der Waals surface area contributed by atoms with E-state index in [2.05, 4.69) is 15.5 Å². The van der Waals surface area contributed by atoms with Gasteiger partial charge in [0.2, 0.25) is 11.7 Å². The van der Waals surface area contributed by atoms with Crippen LogP contribution in [0.15, 0.2) is 47.0 Å². The first-order valence-electron chi connectivity index (χ1n) is 8.61. The lowest BCUT2D eigenvalue weighted by atomic mass is 10.1. The average Bonchev–Trinajstić information content (AvgIpc) is 3.15. The number of nitrogens with zero attached hydrogens (tertiary/aromatic N) is 2. The number of para-hydroxylation sites is 1. The number of benzene rings is 2. The molecule has 8 nitrogen and oxygen atoms in total. The zero-order valence-corrected chi connectivity index (χ0v) is 15.9. The molecule has 0 aliphatic rings. The molecule has 1 heterocycles. The van der Waals surface area contributed by atoms with Crippen molar-refractivity contribution in [2.24, 2.45) is 0 Å². The van der Waals surface area contributed by atoms with Crippen LogP contribution in [0, 0.1) is 6.92 Å². The van der Waals surface area contributed by atoms with Crippen molar-refractivity contribution in [3.05, 3.63) is 65.3 Å². The summed E-state index contributed by atoms with van der Waals surface area (Å²) in [5.74, 6) is 2.57. The van der Waals surface area contributed by atoms with Crippen molar-refractivity contribution in [3.8, 4) is 17.2 Å². The number of hydrogen-bond acceptors (Lipinski definition) is 7. The van der Waals surface area contributed by atoms with Crippen molar-refractivity contribution in [2.45, 2.75) is 20.1 Å². The minimum atomic E-state index is -0.204. The lowest BCUT2D eigenvalue weighted by Gasteiger charge is -2.13. The third-order valence-corrected chi connectivity index (χ3v) is 3.98. The number of methoxy groups -OCH3 is 2. The second kappa shape index (κ2) is 8.90. The van der Waals surface area contributed by atoms with Crippen LogP contribution in [0.4, 0.5) is 0 Å². The maximum absolute atomic E-state index is 12.4. The Balaban J connectivity index is 1.57. The predicted molar refractivity (Wildman–Crippen MR) is 101 cm³/mol. The minimum Gasteiger partial charge on any atom is -0.493 e. The van der Waals surface area contributed by atoms with Gasteiger partial charge in [-0.1, -0.05) is 17.3 Å². The van der Waals surface area contributed by atoms with Gasteiger partial charge in [0.1, 0.15) is 5.75 Å². The second-order valence-electron chi connectivity index (χ2n) is 5.88. The van der Waals surface area contributed by atoms with Crippen LogP contribution < -0.4 is 19.5 Å². The number of ether oxygens (including phenoxy) is 3. The van der Waals surface area contributed by atoms with E-state index in [1.165, 1.54) is 0 Å². The molecule has 1 aromatic heterocycles. The molecule has 28 heavy (non-hydrogen) atoms. The summed E-state index contributed by atoms with van der Waals surface area (Å²) in [6.45, 7) is 2.22. The van der Waals surface area contributed by atoms with Crippen LogP contribution in [0.1, 0.15) is 27.6 Å². The van der Waals surface area contributed by atoms with Crippen molar-refractivity contribution in [1.29, 1.82) is 0 Å². The SMILES string of the molecule is COc1cccc(CNC(=O)c2ccc(OCc3noc(C)n3)cc2)c1OC. The van der Waals surface area contributed by atoms with E-state index < -0.39 is 0 Å². The number of hydrogen-bond donors (Lipinski definition) is 1. The van der Waals surface area contributed by atoms with Gasteiger partial charge >= 0.3 is 0 Å². The average molecular weight is 383 g/mol. The molecule has 0 saturated carbocycles. The van der Waals surface area contributed by atoms with Gasteiger partial charge < -0.3 is 24.1 Å². The monoisotopic (exact) mass is 383 g/mol. The first-order chi connectivity index (χ1) is 13.6. The van der Waals surface area contributed by atoms with Crippen LogP contribution in [0.2, 0.25) is 0 Å². The Kier molecular flexibility index (Phi) is 6.11. The first kappa shape index (κ1) is 19.2. The standard InChI is InChI=1S/C20H21N3O5/c1-13-22-18(23-28-13)12-27-16-9-7-14(8-10-16)20(24)21-11-15-5-4-6-17(25-2)19(15)26-3/h4-10H,11-12H2,1-3H3,(H,21,24). The molecule has 0 aliphatic heterocycles. The quantitative estimate of drug-likeness (QED) is 0.639. The number of amides is 1. The number of aromatic nitrogens is 2. The predicted octanol–water partition coefficient (Wildman–Crippen LogP) is 2.90. The molecular weight excluding hydrogens is 362 g/mol. The number of carbonyl (C=O) groups excluding carboxylic acids is 1. The zero-order valence-electron chi connectivity index (χ0n) is 15.9. The second-order valence-corrected chi connectivity index (χ2v) is 5.88. The van der Waals surface area contributed by atoms with Crippen LogP contribution in [-0.4, -0.2) is 30.3 Å². The Morgan fingerprint density at radius 3 is 2.54 bits per heavy atom. The van der Waals surface area contributed by atoms with E-state index in [1.807, 2.05) is 12.1 Å². The summed E-state index contributed by atoms with van der Waals surface area (Å²) < 4.78 is 21.1. The van der Waals surface area contributed by atoms with Crippen LogP contribution in [0.5, 0.6) is 17.2 Å². The molecule has 2 aromatic carbocycles. The Bertz CT molecular complexity index is 937. The van der Waals surface area contributed by atoms with Gasteiger partial charge in [-0.05, 0) is 30.3 Å². The van der Waals surface area contributed by atoms with E-state index in [0.717, 1.165) is 5.56 Å². The van der Waals surface area contributed by atoms with Gasteiger partial charge in [-0.15, -0.1) is 0 Å². The molecule has 146 valence electrons. The normalized spacial score (nSPS) is 10.4. The van der Waals surface area contributed by atoms with Crippen LogP contribution >= 0.6 is 0 Å². The van der Waals surface area contributed by atoms with Gasteiger partial charge in [0, 0.05) is 24.6 Å². The topological polar surface area (TPSA) is 95.7 Å². The van der Waals surface area contributed by atoms with Gasteiger partial charge in [0.15, 0.2) is 18.1 Å². The van der Waals surface area contributed by atoms with Crippen molar-refractivity contribution >= 4 is 5.91 Å². The molecule has 0 saturated heterocycles. The Hall–Kier alpha value is -3.55. The minimum absolute atomic E-state index is 0.193. The fourth-order valence-corrected chi connectivity index (χ4v) is 2.62. The maximum Gasteiger partial charge on any atom is 0.251 e. The third-order valence-electron chi connectivity index (χ3n) is 3.98. The van der Waals surface area contributed by atoms with E-state index in [0.29, 0.717) is 41.1 Å². The molecule has 0 bridgehead atoms. The van der Waals surface area contributed by atoms with Gasteiger partial charge in [-0.25, -0.2) is 0 Å². The summed E-state index contributed by atoms with van der Waals surface area (Å²) in [5, 5.41) is 6.64. The molecule has 0 atom stereocenters. The molecule has 0 aliphatic carbocycles. The lowest BCUT2D eigenvalue weighted by molar-refractivity contribution is 0.0950. The molecule has 0 fully saturated rings. The maximum atomic E-state index is 12.4. The summed E-state index contributed by atoms with van der Waals surface area (Å²) in [6, 6.07) is 12.3. The van der Waals surface area contributed by atoms with Gasteiger partial charge in [0.25, 0.3) is 5.91 Å². The van der Waals surface area contributed by atoms with Crippen LogP contribution in [0.25, 0.3) is 0 Å². The van der Waals surface area contributed by atoms with E-state index in [-0.39, 0.29) is 12.5 Å². The Labute approximate surface area is 162 Å². The van der Waals surface area contributed by atoms with Crippen LogP contribution in [0.3, 0.4) is 0 Å². The summed E-state index contributed by atoms with van der Waals surface area (Å²) in [5.41, 5.74) is 1.34. The molecule has 0 spiro atoms. The fraction of sp³-hybridized carbons (Fsp3) is 0.250. The highest BCUT2D eigenvalue weighted by Gasteiger charge is 2.12. The Morgan fingerprint density at radius 1 is 1.11 bits per heavy atom. The number of nitrogens with one attached hydrogen (secondary N) is 1. The lowest BCUT2D eigenvalue weighted by Crippen LogP contribution is -2.23. The fourth-order valence-electron chi connectivity index (χ4n) is 2.62. The van der Waals surface area contributed by atoms with E-state index in [1.54, 1.807) is 51.5 Å². The van der Waals surface area contributed by atoms with Gasteiger partial charge in [-0.2, -0.15) is 4.98 Å². The largest absolute Gasteiger partial charge is 0.493 e. The summed E-state index contributed by atoms with van der Waals surface area (Å²) in [6.07, 6.45) is 0. The molecular formula is C20H21N3O5. The zero-order chi connectivity index (χ0) is 19.9. The first-order valence-corrected chi connectivity index (χ1v) is 8.61. The Morgan fingerprint density at radius 2 is 1.89 bits per heavy atom. The van der Waals surface area contributed by atoms with Crippen molar-refractivity contribution in [1.82, 2.24) is 15.5 Å².